The lowest BCUT2D eigenvalue weighted by Gasteiger charge is -2.32. The molecule has 0 aromatic carbocycles. The lowest BCUT2D eigenvalue weighted by molar-refractivity contribution is -0.149. The standard InChI is InChI=1S/C21H36O4/c1-2-3-6-13-19(23)14-16-21(20(24)25,18-11-7-8-12-18)15-9-4-5-10-17-22/h4-5,14,16,18-19,22-23H,2-3,6-13,15,17H2,1H3,(H,24,25)/b5-4+,16-14-/t19-,21+/m0/s1. The van der Waals surface area contributed by atoms with Gasteiger partial charge in [0.2, 0.25) is 0 Å². The molecule has 4 nitrogen and oxygen atoms in total. The molecule has 3 N–H and O–H groups in total. The summed E-state index contributed by atoms with van der Waals surface area (Å²) < 4.78 is 0. The summed E-state index contributed by atoms with van der Waals surface area (Å²) in [5.74, 6) is -0.623. The lowest BCUT2D eigenvalue weighted by atomic mass is 9.70. The minimum Gasteiger partial charge on any atom is -0.481 e. The molecule has 0 aromatic heterocycles. The van der Waals surface area contributed by atoms with Gasteiger partial charge >= 0.3 is 5.97 Å². The van der Waals surface area contributed by atoms with Gasteiger partial charge in [0, 0.05) is 6.61 Å². The molecule has 1 fully saturated rings. The molecule has 0 aliphatic heterocycles. The monoisotopic (exact) mass is 352 g/mol. The fraction of sp³-hybridized carbons (Fsp3) is 0.762. The van der Waals surface area contributed by atoms with Crippen molar-refractivity contribution in [1.29, 1.82) is 0 Å². The maximum absolute atomic E-state index is 12.2. The van der Waals surface area contributed by atoms with Gasteiger partial charge in [-0.15, -0.1) is 0 Å². The zero-order chi connectivity index (χ0) is 18.5. The van der Waals surface area contributed by atoms with E-state index in [2.05, 4.69) is 6.92 Å². The second-order valence-corrected chi connectivity index (χ2v) is 7.27. The molecule has 2 atom stereocenters. The van der Waals surface area contributed by atoms with Crippen molar-refractivity contribution in [3.8, 4) is 0 Å². The molecule has 0 heterocycles. The third-order valence-electron chi connectivity index (χ3n) is 5.39. The Hall–Kier alpha value is -1.13. The van der Waals surface area contributed by atoms with Crippen LogP contribution in [0.4, 0.5) is 0 Å². The second kappa shape index (κ2) is 12.3. The Kier molecular flexibility index (Phi) is 10.7. The highest BCUT2D eigenvalue weighted by molar-refractivity contribution is 5.77. The van der Waals surface area contributed by atoms with E-state index in [1.807, 2.05) is 12.2 Å². The molecule has 1 saturated carbocycles. The first-order valence-corrected chi connectivity index (χ1v) is 9.93. The molecule has 0 unspecified atom stereocenters. The topological polar surface area (TPSA) is 77.8 Å². The fourth-order valence-corrected chi connectivity index (χ4v) is 3.83. The van der Waals surface area contributed by atoms with Crippen molar-refractivity contribution < 1.29 is 20.1 Å². The first kappa shape index (κ1) is 21.9. The zero-order valence-electron chi connectivity index (χ0n) is 15.7. The molecule has 25 heavy (non-hydrogen) atoms. The molecule has 0 radical (unpaired) electrons. The predicted molar refractivity (Wildman–Crippen MR) is 101 cm³/mol. The van der Waals surface area contributed by atoms with E-state index in [-0.39, 0.29) is 12.5 Å². The van der Waals surface area contributed by atoms with Crippen molar-refractivity contribution in [1.82, 2.24) is 0 Å². The van der Waals surface area contributed by atoms with Gasteiger partial charge in [0.25, 0.3) is 0 Å². The van der Waals surface area contributed by atoms with Crippen molar-refractivity contribution in [2.75, 3.05) is 6.61 Å². The summed E-state index contributed by atoms with van der Waals surface area (Å²) >= 11 is 0. The van der Waals surface area contributed by atoms with E-state index in [0.717, 1.165) is 44.9 Å². The van der Waals surface area contributed by atoms with Crippen molar-refractivity contribution in [2.45, 2.75) is 83.7 Å². The number of unbranched alkanes of at least 4 members (excludes halogenated alkanes) is 2. The van der Waals surface area contributed by atoms with Crippen LogP contribution in [0.2, 0.25) is 0 Å². The van der Waals surface area contributed by atoms with Crippen LogP contribution in [-0.4, -0.2) is 34.0 Å². The van der Waals surface area contributed by atoms with Gasteiger partial charge < -0.3 is 15.3 Å². The summed E-state index contributed by atoms with van der Waals surface area (Å²) in [5.41, 5.74) is -0.883. The molecule has 0 spiro atoms. The van der Waals surface area contributed by atoms with E-state index in [1.165, 1.54) is 0 Å². The minimum atomic E-state index is -0.883. The Morgan fingerprint density at radius 1 is 1.20 bits per heavy atom. The summed E-state index contributed by atoms with van der Waals surface area (Å²) in [7, 11) is 0. The SMILES string of the molecule is CCCCC[C@H](O)/C=C\[C@@](CC/C=C/CCO)(C(=O)O)C1CCCC1. The Morgan fingerprint density at radius 2 is 1.88 bits per heavy atom. The quantitative estimate of drug-likeness (QED) is 0.338. The van der Waals surface area contributed by atoms with Crippen LogP contribution in [0.15, 0.2) is 24.3 Å². The normalized spacial score (nSPS) is 19.6. The summed E-state index contributed by atoms with van der Waals surface area (Å²) in [6.07, 6.45) is 16.6. The maximum atomic E-state index is 12.2. The van der Waals surface area contributed by atoms with Crippen LogP contribution < -0.4 is 0 Å². The van der Waals surface area contributed by atoms with Crippen molar-refractivity contribution in [3.63, 3.8) is 0 Å². The van der Waals surface area contributed by atoms with Crippen LogP contribution in [0.25, 0.3) is 0 Å². The maximum Gasteiger partial charge on any atom is 0.313 e. The molecule has 144 valence electrons. The number of hydrogen-bond donors (Lipinski definition) is 3. The third kappa shape index (κ3) is 7.33. The summed E-state index contributed by atoms with van der Waals surface area (Å²) in [5, 5.41) is 29.0. The fourth-order valence-electron chi connectivity index (χ4n) is 3.83. The van der Waals surface area contributed by atoms with Gasteiger partial charge in [-0.05, 0) is 44.4 Å². The number of hydrogen-bond acceptors (Lipinski definition) is 3. The van der Waals surface area contributed by atoms with Crippen LogP contribution in [0.1, 0.15) is 77.6 Å². The Balaban J connectivity index is 2.82. The third-order valence-corrected chi connectivity index (χ3v) is 5.39. The Morgan fingerprint density at radius 3 is 2.48 bits per heavy atom. The number of aliphatic hydroxyl groups excluding tert-OH is 2. The van der Waals surface area contributed by atoms with E-state index in [1.54, 1.807) is 12.2 Å². The summed E-state index contributed by atoms with van der Waals surface area (Å²) in [6, 6.07) is 0. The number of allylic oxidation sites excluding steroid dienone is 1. The second-order valence-electron chi connectivity index (χ2n) is 7.27. The van der Waals surface area contributed by atoms with Crippen LogP contribution in [-0.2, 0) is 4.79 Å². The first-order valence-electron chi connectivity index (χ1n) is 9.93. The van der Waals surface area contributed by atoms with Crippen LogP contribution >= 0.6 is 0 Å². The van der Waals surface area contributed by atoms with Gasteiger partial charge in [-0.2, -0.15) is 0 Å². The summed E-state index contributed by atoms with van der Waals surface area (Å²) in [4.78, 5) is 12.2. The van der Waals surface area contributed by atoms with Crippen LogP contribution in [0, 0.1) is 11.3 Å². The van der Waals surface area contributed by atoms with Gasteiger partial charge in [0.15, 0.2) is 0 Å². The van der Waals surface area contributed by atoms with E-state index in [9.17, 15) is 15.0 Å². The van der Waals surface area contributed by atoms with E-state index in [4.69, 9.17) is 5.11 Å². The Bertz CT molecular complexity index is 424. The number of carboxylic acids is 1. The first-order chi connectivity index (χ1) is 12.1. The molecular weight excluding hydrogens is 316 g/mol. The van der Waals surface area contributed by atoms with E-state index < -0.39 is 17.5 Å². The predicted octanol–water partition coefficient (Wildman–Crippen LogP) is 4.46. The van der Waals surface area contributed by atoms with Crippen LogP contribution in [0.5, 0.6) is 0 Å². The highest BCUT2D eigenvalue weighted by atomic mass is 16.4. The molecular formula is C21H36O4. The number of aliphatic carboxylic acids is 1. The van der Waals surface area contributed by atoms with Crippen molar-refractivity contribution >= 4 is 5.97 Å². The number of carboxylic acid groups (broad SMARTS) is 1. The summed E-state index contributed by atoms with van der Waals surface area (Å²) in [6.45, 7) is 2.25. The van der Waals surface area contributed by atoms with Crippen molar-refractivity contribution in [3.05, 3.63) is 24.3 Å². The highest BCUT2D eigenvalue weighted by Gasteiger charge is 2.44. The lowest BCUT2D eigenvalue weighted by Crippen LogP contribution is -2.36. The molecule has 0 saturated heterocycles. The van der Waals surface area contributed by atoms with Gasteiger partial charge in [0.05, 0.1) is 11.5 Å². The van der Waals surface area contributed by atoms with Crippen molar-refractivity contribution in [2.24, 2.45) is 11.3 Å². The smallest absolute Gasteiger partial charge is 0.313 e. The van der Waals surface area contributed by atoms with E-state index >= 15 is 0 Å². The van der Waals surface area contributed by atoms with Crippen LogP contribution in [0.3, 0.4) is 0 Å². The molecule has 0 bridgehead atoms. The average molecular weight is 353 g/mol. The van der Waals surface area contributed by atoms with Gasteiger partial charge in [0.1, 0.15) is 0 Å². The average Bonchev–Trinajstić information content (AvgIpc) is 3.12. The van der Waals surface area contributed by atoms with Gasteiger partial charge in [-0.25, -0.2) is 0 Å². The number of rotatable bonds is 13. The highest BCUT2D eigenvalue weighted by Crippen LogP contribution is 2.45. The van der Waals surface area contributed by atoms with Gasteiger partial charge in [-0.1, -0.05) is 63.3 Å². The largest absolute Gasteiger partial charge is 0.481 e. The van der Waals surface area contributed by atoms with E-state index in [0.29, 0.717) is 25.7 Å². The molecule has 0 aromatic rings. The zero-order valence-corrected chi connectivity index (χ0v) is 15.7. The molecule has 1 rings (SSSR count). The number of carbonyl (C=O) groups is 1. The van der Waals surface area contributed by atoms with Gasteiger partial charge in [-0.3, -0.25) is 4.79 Å². The minimum absolute atomic E-state index is 0.118. The molecule has 1 aliphatic carbocycles. The molecule has 4 heteroatoms. The Labute approximate surface area is 152 Å². The molecule has 1 aliphatic rings. The number of aliphatic hydroxyl groups is 2. The molecule has 0 amide bonds.